The van der Waals surface area contributed by atoms with E-state index in [2.05, 4.69) is 4.74 Å². The molecule has 0 aliphatic carbocycles. The maximum absolute atomic E-state index is 10.8. The van der Waals surface area contributed by atoms with Crippen LogP contribution in [0.4, 0.5) is 0 Å². The van der Waals surface area contributed by atoms with Gasteiger partial charge in [0.25, 0.3) is 0 Å². The third-order valence-electron chi connectivity index (χ3n) is 2.21. The van der Waals surface area contributed by atoms with E-state index in [9.17, 15) is 4.79 Å². The zero-order valence-electron chi connectivity index (χ0n) is 9.60. The van der Waals surface area contributed by atoms with Gasteiger partial charge in [0.1, 0.15) is 5.75 Å². The van der Waals surface area contributed by atoms with Crippen LogP contribution in [0.5, 0.6) is 5.75 Å². The van der Waals surface area contributed by atoms with Crippen molar-refractivity contribution >= 4 is 5.97 Å². The normalized spacial score (nSPS) is 10.4. The van der Waals surface area contributed by atoms with Crippen LogP contribution < -0.4 is 4.74 Å². The number of rotatable bonds is 5. The van der Waals surface area contributed by atoms with Gasteiger partial charge in [-0.2, -0.15) is 0 Å². The van der Waals surface area contributed by atoms with E-state index in [4.69, 9.17) is 4.74 Å². The molecule has 0 amide bonds. The summed E-state index contributed by atoms with van der Waals surface area (Å²) in [5.74, 6) is 0.545. The average molecular weight is 220 g/mol. The van der Waals surface area contributed by atoms with Crippen LogP contribution >= 0.6 is 0 Å². The Morgan fingerprint density at radius 3 is 2.50 bits per heavy atom. The lowest BCUT2D eigenvalue weighted by Crippen LogP contribution is -1.93. The molecule has 0 spiro atoms. The molecule has 86 valence electrons. The summed E-state index contributed by atoms with van der Waals surface area (Å²) in [6.45, 7) is 0. The summed E-state index contributed by atoms with van der Waals surface area (Å²) in [7, 11) is 3.02. The number of hydrogen-bond donors (Lipinski definition) is 0. The Bertz CT molecular complexity index is 352. The van der Waals surface area contributed by atoms with Gasteiger partial charge in [-0.05, 0) is 30.5 Å². The molecular weight excluding hydrogens is 204 g/mol. The van der Waals surface area contributed by atoms with Crippen LogP contribution in [0.3, 0.4) is 0 Å². The van der Waals surface area contributed by atoms with Crippen molar-refractivity contribution in [1.82, 2.24) is 0 Å². The van der Waals surface area contributed by atoms with Crippen molar-refractivity contribution in [3.8, 4) is 5.75 Å². The highest BCUT2D eigenvalue weighted by atomic mass is 16.5. The molecule has 1 aromatic rings. The van der Waals surface area contributed by atoms with E-state index in [1.807, 2.05) is 30.3 Å². The van der Waals surface area contributed by atoms with Gasteiger partial charge >= 0.3 is 5.97 Å². The maximum Gasteiger partial charge on any atom is 0.330 e. The summed E-state index contributed by atoms with van der Waals surface area (Å²) in [5.41, 5.74) is 1.22. The highest BCUT2D eigenvalue weighted by molar-refractivity contribution is 5.81. The van der Waals surface area contributed by atoms with Crippen LogP contribution in [0.25, 0.3) is 0 Å². The van der Waals surface area contributed by atoms with Crippen LogP contribution in [0, 0.1) is 0 Å². The SMILES string of the molecule is COC(=O)/C=C/CCc1ccc(OC)cc1. The zero-order chi connectivity index (χ0) is 11.8. The number of carbonyl (C=O) groups is 1. The Hall–Kier alpha value is -1.77. The summed E-state index contributed by atoms with van der Waals surface area (Å²) in [4.78, 5) is 10.8. The van der Waals surface area contributed by atoms with Crippen LogP contribution in [0.15, 0.2) is 36.4 Å². The Morgan fingerprint density at radius 1 is 1.25 bits per heavy atom. The Balaban J connectivity index is 2.37. The molecule has 3 heteroatoms. The first-order valence-corrected chi connectivity index (χ1v) is 5.13. The number of allylic oxidation sites excluding steroid dienone is 1. The number of hydrogen-bond acceptors (Lipinski definition) is 3. The average Bonchev–Trinajstić information content (AvgIpc) is 2.35. The van der Waals surface area contributed by atoms with Crippen molar-refractivity contribution in [1.29, 1.82) is 0 Å². The van der Waals surface area contributed by atoms with Gasteiger partial charge in [-0.1, -0.05) is 18.2 Å². The number of esters is 1. The quantitative estimate of drug-likeness (QED) is 0.564. The Kier molecular flexibility index (Phi) is 5.12. The minimum Gasteiger partial charge on any atom is -0.497 e. The molecule has 0 atom stereocenters. The highest BCUT2D eigenvalue weighted by Crippen LogP contribution is 2.12. The van der Waals surface area contributed by atoms with Crippen LogP contribution in [0.1, 0.15) is 12.0 Å². The van der Waals surface area contributed by atoms with Gasteiger partial charge in [-0.15, -0.1) is 0 Å². The molecule has 0 N–H and O–H groups in total. The van der Waals surface area contributed by atoms with Gasteiger partial charge in [0.15, 0.2) is 0 Å². The lowest BCUT2D eigenvalue weighted by atomic mass is 10.1. The molecule has 16 heavy (non-hydrogen) atoms. The van der Waals surface area contributed by atoms with Crippen molar-refractivity contribution in [3.63, 3.8) is 0 Å². The molecule has 0 unspecified atom stereocenters. The van der Waals surface area contributed by atoms with Crippen molar-refractivity contribution in [2.45, 2.75) is 12.8 Å². The lowest BCUT2D eigenvalue weighted by Gasteiger charge is -2.01. The van der Waals surface area contributed by atoms with Gasteiger partial charge in [-0.25, -0.2) is 4.79 Å². The first-order valence-electron chi connectivity index (χ1n) is 5.13. The van der Waals surface area contributed by atoms with Gasteiger partial charge in [0.2, 0.25) is 0 Å². The van der Waals surface area contributed by atoms with Crippen LogP contribution in [0.2, 0.25) is 0 Å². The molecule has 0 heterocycles. The second kappa shape index (κ2) is 6.67. The highest BCUT2D eigenvalue weighted by Gasteiger charge is 1.94. The van der Waals surface area contributed by atoms with E-state index >= 15 is 0 Å². The number of methoxy groups -OCH3 is 2. The zero-order valence-corrected chi connectivity index (χ0v) is 9.60. The molecule has 0 radical (unpaired) electrons. The van der Waals surface area contributed by atoms with E-state index in [1.54, 1.807) is 7.11 Å². The van der Waals surface area contributed by atoms with Gasteiger partial charge < -0.3 is 9.47 Å². The van der Waals surface area contributed by atoms with Gasteiger partial charge in [-0.3, -0.25) is 0 Å². The first-order chi connectivity index (χ1) is 7.76. The largest absolute Gasteiger partial charge is 0.497 e. The van der Waals surface area contributed by atoms with Crippen LogP contribution in [-0.4, -0.2) is 20.2 Å². The summed E-state index contributed by atoms with van der Waals surface area (Å²) in [6.07, 6.45) is 4.98. The summed E-state index contributed by atoms with van der Waals surface area (Å²) in [5, 5.41) is 0. The van der Waals surface area contributed by atoms with E-state index < -0.39 is 0 Å². The predicted octanol–water partition coefficient (Wildman–Crippen LogP) is 2.36. The summed E-state index contributed by atoms with van der Waals surface area (Å²) < 4.78 is 9.56. The molecule has 1 rings (SSSR count). The second-order valence-electron chi connectivity index (χ2n) is 3.31. The molecule has 0 saturated heterocycles. The molecule has 1 aromatic carbocycles. The molecule has 0 aliphatic heterocycles. The number of benzene rings is 1. The smallest absolute Gasteiger partial charge is 0.330 e. The third-order valence-corrected chi connectivity index (χ3v) is 2.21. The second-order valence-corrected chi connectivity index (χ2v) is 3.31. The molecular formula is C13H16O3. The minimum atomic E-state index is -0.310. The minimum absolute atomic E-state index is 0.310. The van der Waals surface area contributed by atoms with E-state index in [0.717, 1.165) is 18.6 Å². The Morgan fingerprint density at radius 2 is 1.94 bits per heavy atom. The molecule has 0 bridgehead atoms. The molecule has 0 aliphatic rings. The molecule has 0 aromatic heterocycles. The molecule has 3 nitrogen and oxygen atoms in total. The van der Waals surface area contributed by atoms with Crippen LogP contribution in [-0.2, 0) is 16.0 Å². The van der Waals surface area contributed by atoms with Gasteiger partial charge in [0, 0.05) is 6.08 Å². The van der Waals surface area contributed by atoms with Crippen molar-refractivity contribution in [3.05, 3.63) is 42.0 Å². The van der Waals surface area contributed by atoms with Crippen molar-refractivity contribution < 1.29 is 14.3 Å². The van der Waals surface area contributed by atoms with Gasteiger partial charge in [0.05, 0.1) is 14.2 Å². The summed E-state index contributed by atoms with van der Waals surface area (Å²) >= 11 is 0. The maximum atomic E-state index is 10.8. The number of ether oxygens (including phenoxy) is 2. The standard InChI is InChI=1S/C13H16O3/c1-15-12-9-7-11(8-10-12)5-3-4-6-13(14)16-2/h4,6-10H,3,5H2,1-2H3/b6-4+. The first kappa shape index (κ1) is 12.3. The molecule has 0 fully saturated rings. The fourth-order valence-corrected chi connectivity index (χ4v) is 1.29. The van der Waals surface area contributed by atoms with E-state index in [-0.39, 0.29) is 5.97 Å². The fraction of sp³-hybridized carbons (Fsp3) is 0.308. The monoisotopic (exact) mass is 220 g/mol. The van der Waals surface area contributed by atoms with E-state index in [1.165, 1.54) is 18.7 Å². The molecule has 0 saturated carbocycles. The predicted molar refractivity (Wildman–Crippen MR) is 62.5 cm³/mol. The third kappa shape index (κ3) is 4.17. The summed E-state index contributed by atoms with van der Waals surface area (Å²) in [6, 6.07) is 7.90. The number of carbonyl (C=O) groups excluding carboxylic acids is 1. The fourth-order valence-electron chi connectivity index (χ4n) is 1.29. The van der Waals surface area contributed by atoms with E-state index in [0.29, 0.717) is 0 Å². The lowest BCUT2D eigenvalue weighted by molar-refractivity contribution is -0.134. The van der Waals surface area contributed by atoms with Crippen molar-refractivity contribution in [2.75, 3.05) is 14.2 Å². The van der Waals surface area contributed by atoms with Crippen molar-refractivity contribution in [2.24, 2.45) is 0 Å². The Labute approximate surface area is 95.7 Å². The number of aryl methyl sites for hydroxylation is 1. The topological polar surface area (TPSA) is 35.5 Å².